The lowest BCUT2D eigenvalue weighted by atomic mass is 10.0. The van der Waals surface area contributed by atoms with Crippen molar-refractivity contribution in [2.45, 2.75) is 25.9 Å². The Morgan fingerprint density at radius 1 is 1.16 bits per heavy atom. The van der Waals surface area contributed by atoms with Gasteiger partial charge in [0.15, 0.2) is 6.10 Å². The van der Waals surface area contributed by atoms with Gasteiger partial charge in [0, 0.05) is 16.8 Å². The number of benzene rings is 2. The van der Waals surface area contributed by atoms with Crippen LogP contribution >= 0.6 is 11.6 Å². The minimum Gasteiger partial charge on any atom is -0.452 e. The third kappa shape index (κ3) is 3.91. The molecule has 0 spiro atoms. The molecule has 0 saturated carbocycles. The molecule has 0 aliphatic rings. The predicted octanol–water partition coefficient (Wildman–Crippen LogP) is 4.88. The SMILES string of the molecule is CCCC(=O)OC(c1ccccc1)c1cc2cc(Cl)ccc2oc1=O. The number of rotatable bonds is 5. The second-order valence-electron chi connectivity index (χ2n) is 5.70. The molecule has 1 aromatic heterocycles. The zero-order chi connectivity index (χ0) is 17.8. The Balaban J connectivity index is 2.12. The summed E-state index contributed by atoms with van der Waals surface area (Å²) in [6.45, 7) is 1.89. The van der Waals surface area contributed by atoms with Gasteiger partial charge in [-0.2, -0.15) is 0 Å². The number of halogens is 1. The van der Waals surface area contributed by atoms with Gasteiger partial charge in [0.05, 0.1) is 5.56 Å². The standard InChI is InChI=1S/C20H17ClO4/c1-2-6-18(22)25-19(13-7-4-3-5-8-13)16-12-14-11-15(21)9-10-17(14)24-20(16)23/h3-5,7-12,19H,2,6H2,1H3. The number of hydrogen-bond acceptors (Lipinski definition) is 4. The van der Waals surface area contributed by atoms with Gasteiger partial charge in [0.2, 0.25) is 0 Å². The fraction of sp³-hybridized carbons (Fsp3) is 0.200. The highest BCUT2D eigenvalue weighted by molar-refractivity contribution is 6.31. The van der Waals surface area contributed by atoms with Crippen LogP contribution in [0.5, 0.6) is 0 Å². The van der Waals surface area contributed by atoms with Crippen molar-refractivity contribution >= 4 is 28.5 Å². The van der Waals surface area contributed by atoms with E-state index in [1.165, 1.54) is 0 Å². The van der Waals surface area contributed by atoms with E-state index >= 15 is 0 Å². The molecule has 1 unspecified atom stereocenters. The van der Waals surface area contributed by atoms with Crippen LogP contribution in [0.15, 0.2) is 63.8 Å². The van der Waals surface area contributed by atoms with Crippen molar-refractivity contribution in [3.63, 3.8) is 0 Å². The number of ether oxygens (including phenoxy) is 1. The molecule has 2 aromatic carbocycles. The van der Waals surface area contributed by atoms with Crippen molar-refractivity contribution in [3.8, 4) is 0 Å². The summed E-state index contributed by atoms with van der Waals surface area (Å²) in [6, 6.07) is 15.8. The summed E-state index contributed by atoms with van der Waals surface area (Å²) in [4.78, 5) is 24.5. The van der Waals surface area contributed by atoms with Crippen molar-refractivity contribution < 1.29 is 13.9 Å². The van der Waals surface area contributed by atoms with Crippen molar-refractivity contribution in [1.82, 2.24) is 0 Å². The molecule has 0 radical (unpaired) electrons. The zero-order valence-corrected chi connectivity index (χ0v) is 14.5. The fourth-order valence-electron chi connectivity index (χ4n) is 2.63. The number of carbonyl (C=O) groups is 1. The van der Waals surface area contributed by atoms with Gasteiger partial charge in [-0.1, -0.05) is 48.9 Å². The first-order valence-electron chi connectivity index (χ1n) is 8.06. The van der Waals surface area contributed by atoms with Gasteiger partial charge in [-0.3, -0.25) is 4.79 Å². The lowest BCUT2D eigenvalue weighted by molar-refractivity contribution is -0.147. The highest BCUT2D eigenvalue weighted by Gasteiger charge is 2.23. The Morgan fingerprint density at radius 3 is 2.64 bits per heavy atom. The third-order valence-corrected chi connectivity index (χ3v) is 4.04. The van der Waals surface area contributed by atoms with Crippen LogP contribution in [0.4, 0.5) is 0 Å². The largest absolute Gasteiger partial charge is 0.452 e. The third-order valence-electron chi connectivity index (χ3n) is 3.81. The lowest BCUT2D eigenvalue weighted by Crippen LogP contribution is -2.19. The van der Waals surface area contributed by atoms with E-state index in [0.717, 1.165) is 0 Å². The summed E-state index contributed by atoms with van der Waals surface area (Å²) in [6.07, 6.45) is 0.135. The Labute approximate surface area is 150 Å². The molecule has 0 saturated heterocycles. The first-order chi connectivity index (χ1) is 12.1. The Bertz CT molecular complexity index is 947. The van der Waals surface area contributed by atoms with E-state index in [9.17, 15) is 9.59 Å². The molecule has 3 rings (SSSR count). The van der Waals surface area contributed by atoms with E-state index in [1.807, 2.05) is 37.3 Å². The van der Waals surface area contributed by atoms with E-state index in [0.29, 0.717) is 28.0 Å². The predicted molar refractivity (Wildman–Crippen MR) is 96.8 cm³/mol. The van der Waals surface area contributed by atoms with Gasteiger partial charge in [-0.05, 0) is 36.2 Å². The molecule has 0 N–H and O–H groups in total. The Kier molecular flexibility index (Phi) is 5.19. The normalized spacial score (nSPS) is 12.1. The van der Waals surface area contributed by atoms with Gasteiger partial charge < -0.3 is 9.15 Å². The first-order valence-corrected chi connectivity index (χ1v) is 8.44. The van der Waals surface area contributed by atoms with Crippen molar-refractivity contribution in [3.05, 3.63) is 81.2 Å². The maximum Gasteiger partial charge on any atom is 0.343 e. The maximum absolute atomic E-state index is 12.5. The van der Waals surface area contributed by atoms with E-state index in [2.05, 4.69) is 0 Å². The van der Waals surface area contributed by atoms with Gasteiger partial charge in [-0.15, -0.1) is 0 Å². The summed E-state index contributed by atoms with van der Waals surface area (Å²) in [5.74, 6) is -0.359. The van der Waals surface area contributed by atoms with E-state index in [4.69, 9.17) is 20.8 Å². The van der Waals surface area contributed by atoms with E-state index < -0.39 is 11.7 Å². The lowest BCUT2D eigenvalue weighted by Gasteiger charge is -2.18. The molecule has 0 fully saturated rings. The monoisotopic (exact) mass is 356 g/mol. The van der Waals surface area contributed by atoms with Gasteiger partial charge in [0.1, 0.15) is 5.58 Å². The van der Waals surface area contributed by atoms with Gasteiger partial charge in [0.25, 0.3) is 0 Å². The van der Waals surface area contributed by atoms with Crippen molar-refractivity contribution in [2.24, 2.45) is 0 Å². The van der Waals surface area contributed by atoms with Crippen LogP contribution in [-0.4, -0.2) is 5.97 Å². The molecule has 0 bridgehead atoms. The topological polar surface area (TPSA) is 56.5 Å². The maximum atomic E-state index is 12.5. The highest BCUT2D eigenvalue weighted by atomic mass is 35.5. The highest BCUT2D eigenvalue weighted by Crippen LogP contribution is 2.28. The Morgan fingerprint density at radius 2 is 1.92 bits per heavy atom. The number of carbonyl (C=O) groups excluding carboxylic acids is 1. The fourth-order valence-corrected chi connectivity index (χ4v) is 2.81. The van der Waals surface area contributed by atoms with Gasteiger partial charge >= 0.3 is 11.6 Å². The molecule has 25 heavy (non-hydrogen) atoms. The quantitative estimate of drug-likeness (QED) is 0.483. The molecular weight excluding hydrogens is 340 g/mol. The van der Waals surface area contributed by atoms with Crippen LogP contribution in [0.2, 0.25) is 5.02 Å². The smallest absolute Gasteiger partial charge is 0.343 e. The molecule has 0 aliphatic heterocycles. The average Bonchev–Trinajstić information content (AvgIpc) is 2.61. The van der Waals surface area contributed by atoms with Crippen molar-refractivity contribution in [1.29, 1.82) is 0 Å². The minimum atomic E-state index is -0.820. The molecule has 4 nitrogen and oxygen atoms in total. The summed E-state index contributed by atoms with van der Waals surface area (Å²) in [5.41, 5.74) is 0.879. The molecule has 0 amide bonds. The van der Waals surface area contributed by atoms with Crippen LogP contribution in [-0.2, 0) is 9.53 Å². The molecular formula is C20H17ClO4. The summed E-state index contributed by atoms with van der Waals surface area (Å²) in [5, 5.41) is 1.21. The number of fused-ring (bicyclic) bond motifs is 1. The molecule has 1 heterocycles. The average molecular weight is 357 g/mol. The zero-order valence-electron chi connectivity index (χ0n) is 13.7. The minimum absolute atomic E-state index is 0.269. The second-order valence-corrected chi connectivity index (χ2v) is 6.14. The van der Waals surface area contributed by atoms with Crippen LogP contribution in [0.1, 0.15) is 37.0 Å². The molecule has 0 aliphatic carbocycles. The van der Waals surface area contributed by atoms with Crippen LogP contribution < -0.4 is 5.63 Å². The molecule has 128 valence electrons. The van der Waals surface area contributed by atoms with Gasteiger partial charge in [-0.25, -0.2) is 4.79 Å². The summed E-state index contributed by atoms with van der Waals surface area (Å²) >= 11 is 6.03. The summed E-state index contributed by atoms with van der Waals surface area (Å²) in [7, 11) is 0. The summed E-state index contributed by atoms with van der Waals surface area (Å²) < 4.78 is 11.0. The molecule has 5 heteroatoms. The van der Waals surface area contributed by atoms with E-state index in [1.54, 1.807) is 24.3 Å². The van der Waals surface area contributed by atoms with Crippen LogP contribution in [0.25, 0.3) is 11.0 Å². The number of hydrogen-bond donors (Lipinski definition) is 0. The van der Waals surface area contributed by atoms with E-state index in [-0.39, 0.29) is 18.0 Å². The van der Waals surface area contributed by atoms with Crippen LogP contribution in [0, 0.1) is 0 Å². The molecule has 1 atom stereocenters. The Hall–Kier alpha value is -2.59. The molecule has 3 aromatic rings. The second kappa shape index (κ2) is 7.53. The number of esters is 1. The van der Waals surface area contributed by atoms with Crippen LogP contribution in [0.3, 0.4) is 0 Å². The van der Waals surface area contributed by atoms with Crippen molar-refractivity contribution in [2.75, 3.05) is 0 Å². The first kappa shape index (κ1) is 17.2.